The minimum atomic E-state index is 0.0751. The van der Waals surface area contributed by atoms with E-state index in [2.05, 4.69) is 46.7 Å². The van der Waals surface area contributed by atoms with Crippen LogP contribution in [-0.2, 0) is 4.74 Å². The Hall–Kier alpha value is -3.55. The summed E-state index contributed by atoms with van der Waals surface area (Å²) in [7, 11) is 1.55. The molecule has 1 aromatic heterocycles. The topological polar surface area (TPSA) is 132 Å². The molecule has 0 radical (unpaired) electrons. The van der Waals surface area contributed by atoms with E-state index >= 15 is 0 Å². The number of aryl methyl sites for hydroxylation is 1. The van der Waals surface area contributed by atoms with Crippen molar-refractivity contribution in [2.75, 3.05) is 43.6 Å². The van der Waals surface area contributed by atoms with E-state index in [9.17, 15) is 0 Å². The van der Waals surface area contributed by atoms with Gasteiger partial charge >= 0.3 is 6.01 Å². The van der Waals surface area contributed by atoms with Crippen LogP contribution in [0.2, 0.25) is 0 Å². The van der Waals surface area contributed by atoms with Crippen LogP contribution in [0.1, 0.15) is 11.1 Å². The molecule has 0 spiro atoms. The van der Waals surface area contributed by atoms with E-state index in [1.165, 1.54) is 0 Å². The van der Waals surface area contributed by atoms with Crippen molar-refractivity contribution in [2.24, 2.45) is 10.8 Å². The standard InChI is InChI=1S/C23H25BrN8O3S/c1-14-3-5-17(16(24)11-14)27-21-28-22(32-7-9-34-10-8-32)30-23(29-21)35-18-6-4-15(12-19(18)33-2)13-26-31-20(25)36/h3-6,11-13H,7-10H2,1-2H3,(H3,25,31,36)(H,27,28,29,30)/b26-13+. The number of morpholine rings is 1. The second kappa shape index (κ2) is 11.9. The van der Waals surface area contributed by atoms with Crippen LogP contribution in [0.4, 0.5) is 17.6 Å². The second-order valence-corrected chi connectivity index (χ2v) is 8.99. The monoisotopic (exact) mass is 572 g/mol. The first-order valence-corrected chi connectivity index (χ1v) is 12.2. The zero-order valence-electron chi connectivity index (χ0n) is 19.7. The Morgan fingerprint density at radius 3 is 2.69 bits per heavy atom. The van der Waals surface area contributed by atoms with Crippen LogP contribution in [0.3, 0.4) is 0 Å². The number of anilines is 3. The van der Waals surface area contributed by atoms with Crippen molar-refractivity contribution in [3.63, 3.8) is 0 Å². The normalized spacial score (nSPS) is 13.5. The van der Waals surface area contributed by atoms with Crippen LogP contribution in [0.25, 0.3) is 0 Å². The molecule has 11 nitrogen and oxygen atoms in total. The second-order valence-electron chi connectivity index (χ2n) is 7.70. The van der Waals surface area contributed by atoms with E-state index < -0.39 is 0 Å². The Kier molecular flexibility index (Phi) is 8.46. The third-order valence-corrected chi connectivity index (χ3v) is 5.79. The van der Waals surface area contributed by atoms with Gasteiger partial charge in [0, 0.05) is 17.6 Å². The number of nitrogens with zero attached hydrogens (tertiary/aromatic N) is 5. The summed E-state index contributed by atoms with van der Waals surface area (Å²) in [5.41, 5.74) is 10.6. The Morgan fingerprint density at radius 2 is 1.97 bits per heavy atom. The average Bonchev–Trinajstić information content (AvgIpc) is 2.87. The molecule has 1 aliphatic rings. The fourth-order valence-electron chi connectivity index (χ4n) is 3.31. The molecule has 1 aliphatic heterocycles. The van der Waals surface area contributed by atoms with Gasteiger partial charge in [0.2, 0.25) is 11.9 Å². The molecular weight excluding hydrogens is 548 g/mol. The lowest BCUT2D eigenvalue weighted by atomic mass is 10.2. The van der Waals surface area contributed by atoms with Crippen LogP contribution < -0.4 is 30.8 Å². The van der Waals surface area contributed by atoms with Crippen LogP contribution in [0.15, 0.2) is 46.0 Å². The van der Waals surface area contributed by atoms with Gasteiger partial charge in [-0.15, -0.1) is 0 Å². The molecule has 1 saturated heterocycles. The van der Waals surface area contributed by atoms with E-state index in [4.69, 9.17) is 32.2 Å². The molecule has 0 amide bonds. The minimum Gasteiger partial charge on any atom is -0.493 e. The number of nitrogens with one attached hydrogen (secondary N) is 2. The number of hydrazone groups is 1. The summed E-state index contributed by atoms with van der Waals surface area (Å²) >= 11 is 8.33. The highest BCUT2D eigenvalue weighted by atomic mass is 79.9. The van der Waals surface area contributed by atoms with Crippen LogP contribution in [0.5, 0.6) is 17.5 Å². The van der Waals surface area contributed by atoms with Crippen molar-refractivity contribution < 1.29 is 14.2 Å². The summed E-state index contributed by atoms with van der Waals surface area (Å²) in [6, 6.07) is 11.4. The molecule has 13 heteroatoms. The van der Waals surface area contributed by atoms with Gasteiger partial charge in [-0.25, -0.2) is 0 Å². The number of rotatable bonds is 8. The molecule has 4 N–H and O–H groups in total. The highest BCUT2D eigenvalue weighted by molar-refractivity contribution is 9.10. The van der Waals surface area contributed by atoms with Crippen LogP contribution in [0, 0.1) is 6.92 Å². The van der Waals surface area contributed by atoms with Crippen molar-refractivity contribution in [1.29, 1.82) is 0 Å². The number of thiocarbonyl (C=S) groups is 1. The number of hydrogen-bond acceptors (Lipinski definition) is 10. The third kappa shape index (κ3) is 6.77. The molecule has 188 valence electrons. The molecule has 36 heavy (non-hydrogen) atoms. The molecule has 4 rings (SSSR count). The first-order chi connectivity index (χ1) is 17.4. The highest BCUT2D eigenvalue weighted by Crippen LogP contribution is 2.32. The van der Waals surface area contributed by atoms with Gasteiger partial charge in [0.05, 0.1) is 32.2 Å². The lowest BCUT2D eigenvalue weighted by molar-refractivity contribution is 0.122. The number of halogens is 1. The smallest absolute Gasteiger partial charge is 0.328 e. The van der Waals surface area contributed by atoms with Gasteiger partial charge in [0.1, 0.15) is 0 Å². The van der Waals surface area contributed by atoms with Crippen molar-refractivity contribution >= 4 is 57.1 Å². The molecule has 3 aromatic rings. The molecule has 0 aliphatic carbocycles. The maximum Gasteiger partial charge on any atom is 0.328 e. The Balaban J connectivity index is 1.63. The minimum absolute atomic E-state index is 0.0751. The van der Waals surface area contributed by atoms with E-state index in [0.29, 0.717) is 49.7 Å². The van der Waals surface area contributed by atoms with Crippen molar-refractivity contribution in [3.8, 4) is 17.5 Å². The van der Waals surface area contributed by atoms with E-state index in [0.717, 1.165) is 21.3 Å². The van der Waals surface area contributed by atoms with Gasteiger partial charge in [0.25, 0.3) is 0 Å². The van der Waals surface area contributed by atoms with Crippen molar-refractivity contribution in [1.82, 2.24) is 20.4 Å². The predicted octanol–water partition coefficient (Wildman–Crippen LogP) is 3.49. The number of aromatic nitrogens is 3. The summed E-state index contributed by atoms with van der Waals surface area (Å²) in [4.78, 5) is 15.7. The number of nitrogens with two attached hydrogens (primary N) is 1. The Bertz CT molecular complexity index is 1270. The SMILES string of the molecule is COc1cc(/C=N/NC(N)=S)ccc1Oc1nc(Nc2ccc(C)cc2Br)nc(N2CCOCC2)n1. The fraction of sp³-hybridized carbons (Fsp3) is 0.261. The molecule has 2 aromatic carbocycles. The van der Waals surface area contributed by atoms with E-state index in [-0.39, 0.29) is 11.1 Å². The van der Waals surface area contributed by atoms with Gasteiger partial charge in [-0.3, -0.25) is 5.43 Å². The van der Waals surface area contributed by atoms with Gasteiger partial charge in [0.15, 0.2) is 16.6 Å². The molecule has 2 heterocycles. The lowest BCUT2D eigenvalue weighted by Crippen LogP contribution is -2.37. The maximum absolute atomic E-state index is 6.06. The number of benzene rings is 2. The highest BCUT2D eigenvalue weighted by Gasteiger charge is 2.19. The first kappa shape index (κ1) is 25.5. The maximum atomic E-state index is 6.06. The van der Waals surface area contributed by atoms with E-state index in [1.54, 1.807) is 31.5 Å². The van der Waals surface area contributed by atoms with E-state index in [1.807, 2.05) is 30.0 Å². The summed E-state index contributed by atoms with van der Waals surface area (Å²) in [5.74, 6) is 1.73. The Morgan fingerprint density at radius 1 is 1.17 bits per heavy atom. The number of ether oxygens (including phenoxy) is 3. The van der Waals surface area contributed by atoms with Gasteiger partial charge in [-0.05, 0) is 76.5 Å². The van der Waals surface area contributed by atoms with Crippen molar-refractivity contribution in [2.45, 2.75) is 6.92 Å². The summed E-state index contributed by atoms with van der Waals surface area (Å²) in [6.07, 6.45) is 1.56. The van der Waals surface area contributed by atoms with Crippen LogP contribution >= 0.6 is 28.1 Å². The molecule has 0 unspecified atom stereocenters. The quantitative estimate of drug-likeness (QED) is 0.208. The molecule has 0 atom stereocenters. The zero-order valence-corrected chi connectivity index (χ0v) is 22.1. The zero-order chi connectivity index (χ0) is 25.5. The molecule has 0 saturated carbocycles. The largest absolute Gasteiger partial charge is 0.493 e. The molecule has 0 bridgehead atoms. The molecule has 1 fully saturated rings. The average molecular weight is 573 g/mol. The molecular formula is C23H25BrN8O3S. The summed E-state index contributed by atoms with van der Waals surface area (Å²) in [5, 5.41) is 7.29. The van der Waals surface area contributed by atoms with Crippen molar-refractivity contribution in [3.05, 3.63) is 52.0 Å². The third-order valence-electron chi connectivity index (χ3n) is 5.05. The number of methoxy groups -OCH3 is 1. The summed E-state index contributed by atoms with van der Waals surface area (Å²) in [6.45, 7) is 4.53. The van der Waals surface area contributed by atoms with Gasteiger partial charge in [-0.1, -0.05) is 6.07 Å². The fourth-order valence-corrected chi connectivity index (χ4v) is 3.96. The first-order valence-electron chi connectivity index (χ1n) is 11.0. The van der Waals surface area contributed by atoms with Gasteiger partial charge in [-0.2, -0.15) is 20.1 Å². The summed E-state index contributed by atoms with van der Waals surface area (Å²) < 4.78 is 17.9. The predicted molar refractivity (Wildman–Crippen MR) is 146 cm³/mol. The Labute approximate surface area is 222 Å². The lowest BCUT2D eigenvalue weighted by Gasteiger charge is -2.27. The van der Waals surface area contributed by atoms with Gasteiger partial charge < -0.3 is 30.2 Å². The number of hydrogen-bond donors (Lipinski definition) is 3. The van der Waals surface area contributed by atoms with Crippen LogP contribution in [-0.4, -0.2) is 59.7 Å².